The first kappa shape index (κ1) is 17.8. The minimum Gasteiger partial charge on any atom is -0.394 e. The fourth-order valence-corrected chi connectivity index (χ4v) is 2.59. The van der Waals surface area contributed by atoms with Crippen molar-refractivity contribution in [3.05, 3.63) is 0 Å². The molecule has 0 unspecified atom stereocenters. The van der Waals surface area contributed by atoms with Gasteiger partial charge >= 0.3 is 0 Å². The number of aliphatic hydroxyl groups is 5. The zero-order chi connectivity index (χ0) is 15.2. The fourth-order valence-electron chi connectivity index (χ4n) is 2.59. The Labute approximate surface area is 120 Å². The molecule has 1 aliphatic rings. The van der Waals surface area contributed by atoms with Crippen molar-refractivity contribution >= 4 is 0 Å². The van der Waals surface area contributed by atoms with Gasteiger partial charge in [-0.1, -0.05) is 39.0 Å². The highest BCUT2D eigenvalue weighted by Crippen LogP contribution is 2.32. The largest absolute Gasteiger partial charge is 0.394 e. The van der Waals surface area contributed by atoms with Gasteiger partial charge in [-0.3, -0.25) is 0 Å². The normalized spacial score (nSPS) is 38.1. The summed E-state index contributed by atoms with van der Waals surface area (Å²) in [5, 5.41) is 48.5. The lowest BCUT2D eigenvalue weighted by atomic mass is 9.89. The topological polar surface area (TPSA) is 110 Å². The standard InChI is InChI=1S/C14H28O6/c1-2-3-4-5-6-7-8-14(19)13(18)12(17)11(16)10(9-15)20-14/h10-13,15-19H,2-9H2,1H3/t10-,11-,12+,13+,14+/m1/s1. The Bertz CT molecular complexity index is 272. The van der Waals surface area contributed by atoms with Crippen LogP contribution in [-0.2, 0) is 4.74 Å². The van der Waals surface area contributed by atoms with Gasteiger partial charge in [0, 0.05) is 6.42 Å². The second kappa shape index (κ2) is 8.26. The molecule has 0 aromatic rings. The summed E-state index contributed by atoms with van der Waals surface area (Å²) >= 11 is 0. The molecular weight excluding hydrogens is 264 g/mol. The van der Waals surface area contributed by atoms with E-state index in [0.717, 1.165) is 25.7 Å². The van der Waals surface area contributed by atoms with E-state index in [4.69, 9.17) is 9.84 Å². The highest BCUT2D eigenvalue weighted by molar-refractivity contribution is 4.95. The van der Waals surface area contributed by atoms with Gasteiger partial charge in [0.25, 0.3) is 0 Å². The maximum Gasteiger partial charge on any atom is 0.195 e. The second-order valence-corrected chi connectivity index (χ2v) is 5.63. The Morgan fingerprint density at radius 3 is 2.15 bits per heavy atom. The zero-order valence-electron chi connectivity index (χ0n) is 12.1. The molecule has 6 heteroatoms. The molecule has 120 valence electrons. The van der Waals surface area contributed by atoms with Crippen LogP contribution in [0.15, 0.2) is 0 Å². The van der Waals surface area contributed by atoms with E-state index in [1.807, 2.05) is 0 Å². The minimum absolute atomic E-state index is 0.167. The average Bonchev–Trinajstić information content (AvgIpc) is 2.45. The molecule has 0 aromatic carbocycles. The van der Waals surface area contributed by atoms with E-state index >= 15 is 0 Å². The van der Waals surface area contributed by atoms with Gasteiger partial charge in [-0.2, -0.15) is 0 Å². The molecular formula is C14H28O6. The summed E-state index contributed by atoms with van der Waals surface area (Å²) in [4.78, 5) is 0. The van der Waals surface area contributed by atoms with Crippen LogP contribution >= 0.6 is 0 Å². The summed E-state index contributed by atoms with van der Waals surface area (Å²) in [6.07, 6.45) is 0.669. The molecule has 0 saturated carbocycles. The summed E-state index contributed by atoms with van der Waals surface area (Å²) in [6.45, 7) is 1.61. The molecule has 1 saturated heterocycles. The molecule has 0 aliphatic carbocycles. The van der Waals surface area contributed by atoms with Gasteiger partial charge in [0.15, 0.2) is 5.79 Å². The monoisotopic (exact) mass is 292 g/mol. The summed E-state index contributed by atoms with van der Waals surface area (Å²) < 4.78 is 5.19. The van der Waals surface area contributed by atoms with Crippen molar-refractivity contribution in [2.45, 2.75) is 82.1 Å². The number of ether oxygens (including phenoxy) is 1. The van der Waals surface area contributed by atoms with Gasteiger partial charge in [-0.25, -0.2) is 0 Å². The van der Waals surface area contributed by atoms with Crippen molar-refractivity contribution in [3.63, 3.8) is 0 Å². The first-order valence-electron chi connectivity index (χ1n) is 7.51. The van der Waals surface area contributed by atoms with E-state index in [1.54, 1.807) is 0 Å². The van der Waals surface area contributed by atoms with Gasteiger partial charge in [0.1, 0.15) is 24.4 Å². The van der Waals surface area contributed by atoms with Crippen molar-refractivity contribution in [2.24, 2.45) is 0 Å². The average molecular weight is 292 g/mol. The number of rotatable bonds is 8. The lowest BCUT2D eigenvalue weighted by molar-refractivity contribution is -0.351. The van der Waals surface area contributed by atoms with Gasteiger partial charge < -0.3 is 30.3 Å². The third kappa shape index (κ3) is 4.38. The van der Waals surface area contributed by atoms with E-state index in [1.165, 1.54) is 6.42 Å². The third-order valence-corrected chi connectivity index (χ3v) is 3.94. The van der Waals surface area contributed by atoms with E-state index in [2.05, 4.69) is 6.92 Å². The fraction of sp³-hybridized carbons (Fsp3) is 1.00. The lowest BCUT2D eigenvalue weighted by Gasteiger charge is -2.45. The van der Waals surface area contributed by atoms with Crippen molar-refractivity contribution in [1.29, 1.82) is 0 Å². The highest BCUT2D eigenvalue weighted by atomic mass is 16.7. The van der Waals surface area contributed by atoms with Crippen LogP contribution in [0.1, 0.15) is 51.9 Å². The molecule has 0 amide bonds. The Kier molecular flexibility index (Phi) is 7.36. The number of aliphatic hydroxyl groups excluding tert-OH is 4. The molecule has 0 aromatic heterocycles. The highest BCUT2D eigenvalue weighted by Gasteiger charge is 2.51. The molecule has 0 radical (unpaired) electrons. The van der Waals surface area contributed by atoms with Crippen molar-refractivity contribution in [2.75, 3.05) is 6.61 Å². The van der Waals surface area contributed by atoms with E-state index in [-0.39, 0.29) is 6.42 Å². The first-order valence-corrected chi connectivity index (χ1v) is 7.51. The van der Waals surface area contributed by atoms with Gasteiger partial charge in [0.05, 0.1) is 6.61 Å². The number of hydrogen-bond acceptors (Lipinski definition) is 6. The maximum absolute atomic E-state index is 10.3. The van der Waals surface area contributed by atoms with Gasteiger partial charge in [-0.15, -0.1) is 0 Å². The van der Waals surface area contributed by atoms with Crippen LogP contribution in [0.2, 0.25) is 0 Å². The van der Waals surface area contributed by atoms with Crippen LogP contribution in [0.5, 0.6) is 0 Å². The quantitative estimate of drug-likeness (QED) is 0.400. The molecule has 5 N–H and O–H groups in total. The Balaban J connectivity index is 2.44. The summed E-state index contributed by atoms with van der Waals surface area (Å²) in [6, 6.07) is 0. The zero-order valence-corrected chi connectivity index (χ0v) is 12.1. The van der Waals surface area contributed by atoms with Crippen molar-refractivity contribution < 1.29 is 30.3 Å². The smallest absolute Gasteiger partial charge is 0.195 e. The van der Waals surface area contributed by atoms with E-state index in [9.17, 15) is 20.4 Å². The maximum atomic E-state index is 10.3. The van der Waals surface area contributed by atoms with Gasteiger partial charge in [0.2, 0.25) is 0 Å². The van der Waals surface area contributed by atoms with Crippen LogP contribution in [-0.4, -0.2) is 62.3 Å². The summed E-state index contributed by atoms with van der Waals surface area (Å²) in [7, 11) is 0. The second-order valence-electron chi connectivity index (χ2n) is 5.63. The SMILES string of the molecule is CCCCCCCC[C@]1(O)O[C@H](CO)[C@@H](O)[C@H](O)[C@@H]1O. The minimum atomic E-state index is -1.91. The Morgan fingerprint density at radius 2 is 1.55 bits per heavy atom. The predicted octanol–water partition coefficient (Wildman–Crippen LogP) is -0.101. The van der Waals surface area contributed by atoms with E-state index < -0.39 is 36.8 Å². The van der Waals surface area contributed by atoms with Crippen molar-refractivity contribution in [1.82, 2.24) is 0 Å². The van der Waals surface area contributed by atoms with E-state index in [0.29, 0.717) is 6.42 Å². The summed E-state index contributed by atoms with van der Waals surface area (Å²) in [5.74, 6) is -1.91. The van der Waals surface area contributed by atoms with Crippen LogP contribution in [0, 0.1) is 0 Å². The number of unbranched alkanes of at least 4 members (excludes halogenated alkanes) is 5. The van der Waals surface area contributed by atoms with Crippen LogP contribution in [0.4, 0.5) is 0 Å². The first-order chi connectivity index (χ1) is 9.46. The molecule has 1 heterocycles. The van der Waals surface area contributed by atoms with Crippen LogP contribution in [0.3, 0.4) is 0 Å². The van der Waals surface area contributed by atoms with Gasteiger partial charge in [-0.05, 0) is 6.42 Å². The molecule has 1 rings (SSSR count). The van der Waals surface area contributed by atoms with Crippen molar-refractivity contribution in [3.8, 4) is 0 Å². The molecule has 6 nitrogen and oxygen atoms in total. The lowest BCUT2D eigenvalue weighted by Crippen LogP contribution is -2.65. The predicted molar refractivity (Wildman–Crippen MR) is 72.9 cm³/mol. The molecule has 20 heavy (non-hydrogen) atoms. The molecule has 0 bridgehead atoms. The van der Waals surface area contributed by atoms with Crippen LogP contribution < -0.4 is 0 Å². The molecule has 1 aliphatic heterocycles. The summed E-state index contributed by atoms with van der Waals surface area (Å²) in [5.41, 5.74) is 0. The molecule has 5 atom stereocenters. The third-order valence-electron chi connectivity index (χ3n) is 3.94. The molecule has 0 spiro atoms. The number of hydrogen-bond donors (Lipinski definition) is 5. The molecule has 1 fully saturated rings. The Hall–Kier alpha value is -0.240. The van der Waals surface area contributed by atoms with Crippen LogP contribution in [0.25, 0.3) is 0 Å². The Morgan fingerprint density at radius 1 is 0.950 bits per heavy atom.